The van der Waals surface area contributed by atoms with Gasteiger partial charge in [-0.1, -0.05) is 36.4 Å². The van der Waals surface area contributed by atoms with Crippen LogP contribution in [0.3, 0.4) is 0 Å². The number of aliphatic hydroxyl groups excluding tert-OH is 1. The SMILES string of the molecule is C=CCc1ccccc1OC[C@@H](O)Cn1c(C)nc2ccccc21. The van der Waals surface area contributed by atoms with Crippen molar-refractivity contribution in [2.24, 2.45) is 0 Å². The Hall–Kier alpha value is -2.59. The molecule has 0 aliphatic rings. The number of aromatic nitrogens is 2. The van der Waals surface area contributed by atoms with Crippen molar-refractivity contribution in [3.8, 4) is 5.75 Å². The van der Waals surface area contributed by atoms with Crippen LogP contribution in [0.5, 0.6) is 5.75 Å². The molecule has 4 nitrogen and oxygen atoms in total. The molecule has 1 N–H and O–H groups in total. The Balaban J connectivity index is 1.69. The number of para-hydroxylation sites is 3. The molecular formula is C20H22N2O2. The van der Waals surface area contributed by atoms with Crippen LogP contribution >= 0.6 is 0 Å². The number of aryl methyl sites for hydroxylation is 1. The first-order valence-corrected chi connectivity index (χ1v) is 8.10. The summed E-state index contributed by atoms with van der Waals surface area (Å²) < 4.78 is 7.85. The lowest BCUT2D eigenvalue weighted by atomic mass is 10.1. The summed E-state index contributed by atoms with van der Waals surface area (Å²) in [5.41, 5.74) is 3.05. The summed E-state index contributed by atoms with van der Waals surface area (Å²) in [5, 5.41) is 10.4. The molecule has 0 aliphatic carbocycles. The van der Waals surface area contributed by atoms with Gasteiger partial charge in [-0.05, 0) is 37.1 Å². The summed E-state index contributed by atoms with van der Waals surface area (Å²) in [6, 6.07) is 15.8. The van der Waals surface area contributed by atoms with E-state index >= 15 is 0 Å². The zero-order valence-corrected chi connectivity index (χ0v) is 13.9. The zero-order valence-electron chi connectivity index (χ0n) is 13.9. The molecule has 1 heterocycles. The van der Waals surface area contributed by atoms with E-state index in [2.05, 4.69) is 11.6 Å². The van der Waals surface area contributed by atoms with Crippen LogP contribution in [-0.4, -0.2) is 27.4 Å². The van der Waals surface area contributed by atoms with Crippen LogP contribution < -0.4 is 4.74 Å². The Morgan fingerprint density at radius 2 is 1.96 bits per heavy atom. The van der Waals surface area contributed by atoms with Crippen LogP contribution in [0, 0.1) is 6.92 Å². The summed E-state index contributed by atoms with van der Waals surface area (Å²) in [4.78, 5) is 4.52. The van der Waals surface area contributed by atoms with E-state index in [0.29, 0.717) is 6.54 Å². The lowest BCUT2D eigenvalue weighted by Crippen LogP contribution is -2.24. The van der Waals surface area contributed by atoms with Crippen LogP contribution in [0.25, 0.3) is 11.0 Å². The van der Waals surface area contributed by atoms with Crippen molar-refractivity contribution in [3.63, 3.8) is 0 Å². The largest absolute Gasteiger partial charge is 0.491 e. The van der Waals surface area contributed by atoms with Crippen LogP contribution in [0.4, 0.5) is 0 Å². The first kappa shape index (κ1) is 16.3. The summed E-state index contributed by atoms with van der Waals surface area (Å²) in [5.74, 6) is 1.69. The zero-order chi connectivity index (χ0) is 16.9. The number of fused-ring (bicyclic) bond motifs is 1. The summed E-state index contributed by atoms with van der Waals surface area (Å²) >= 11 is 0. The van der Waals surface area contributed by atoms with Gasteiger partial charge in [0.15, 0.2) is 0 Å². The van der Waals surface area contributed by atoms with Crippen LogP contribution in [-0.2, 0) is 13.0 Å². The van der Waals surface area contributed by atoms with E-state index in [1.54, 1.807) is 0 Å². The third-order valence-electron chi connectivity index (χ3n) is 4.01. The van der Waals surface area contributed by atoms with E-state index < -0.39 is 6.10 Å². The van der Waals surface area contributed by atoms with E-state index in [4.69, 9.17) is 4.74 Å². The summed E-state index contributed by atoms with van der Waals surface area (Å²) in [6.07, 6.45) is 1.98. The Labute approximate surface area is 142 Å². The van der Waals surface area contributed by atoms with Crippen molar-refractivity contribution in [2.75, 3.05) is 6.61 Å². The van der Waals surface area contributed by atoms with Crippen molar-refractivity contribution in [1.29, 1.82) is 0 Å². The number of benzene rings is 2. The lowest BCUT2D eigenvalue weighted by molar-refractivity contribution is 0.0925. The molecule has 1 aromatic heterocycles. The molecule has 0 radical (unpaired) electrons. The van der Waals surface area contributed by atoms with Crippen molar-refractivity contribution < 1.29 is 9.84 Å². The fraction of sp³-hybridized carbons (Fsp3) is 0.250. The fourth-order valence-corrected chi connectivity index (χ4v) is 2.84. The quantitative estimate of drug-likeness (QED) is 0.677. The number of allylic oxidation sites excluding steroid dienone is 1. The monoisotopic (exact) mass is 322 g/mol. The standard InChI is InChI=1S/C20H22N2O2/c1-3-8-16-9-4-7-12-20(16)24-14-17(23)13-22-15(2)21-18-10-5-6-11-19(18)22/h3-7,9-12,17,23H,1,8,13-14H2,2H3/t17-/m0/s1. The van der Waals surface area contributed by atoms with E-state index in [1.807, 2.05) is 66.1 Å². The van der Waals surface area contributed by atoms with Crippen LogP contribution in [0.2, 0.25) is 0 Å². The number of hydrogen-bond donors (Lipinski definition) is 1. The third-order valence-corrected chi connectivity index (χ3v) is 4.01. The predicted octanol–water partition coefficient (Wildman–Crippen LogP) is 3.51. The van der Waals surface area contributed by atoms with E-state index in [9.17, 15) is 5.11 Å². The molecule has 4 heteroatoms. The van der Waals surface area contributed by atoms with Crippen LogP contribution in [0.1, 0.15) is 11.4 Å². The van der Waals surface area contributed by atoms with Gasteiger partial charge in [-0.2, -0.15) is 0 Å². The average Bonchev–Trinajstić information content (AvgIpc) is 2.90. The van der Waals surface area contributed by atoms with E-state index in [0.717, 1.165) is 34.6 Å². The first-order chi connectivity index (χ1) is 11.7. The predicted molar refractivity (Wildman–Crippen MR) is 96.3 cm³/mol. The molecule has 0 saturated carbocycles. The number of nitrogens with zero attached hydrogens (tertiary/aromatic N) is 2. The van der Waals surface area contributed by atoms with E-state index in [-0.39, 0.29) is 6.61 Å². The molecule has 24 heavy (non-hydrogen) atoms. The molecule has 0 unspecified atom stereocenters. The van der Waals surface area contributed by atoms with Gasteiger partial charge in [0.1, 0.15) is 24.3 Å². The lowest BCUT2D eigenvalue weighted by Gasteiger charge is -2.16. The third kappa shape index (κ3) is 3.49. The fourth-order valence-electron chi connectivity index (χ4n) is 2.84. The average molecular weight is 322 g/mol. The van der Waals surface area contributed by atoms with Crippen molar-refractivity contribution in [1.82, 2.24) is 9.55 Å². The van der Waals surface area contributed by atoms with Crippen molar-refractivity contribution >= 4 is 11.0 Å². The molecule has 3 rings (SSSR count). The Morgan fingerprint density at radius 1 is 1.21 bits per heavy atom. The Morgan fingerprint density at radius 3 is 2.79 bits per heavy atom. The maximum atomic E-state index is 10.4. The topological polar surface area (TPSA) is 47.3 Å². The van der Waals surface area contributed by atoms with Gasteiger partial charge in [0.2, 0.25) is 0 Å². The minimum atomic E-state index is -0.613. The van der Waals surface area contributed by atoms with E-state index in [1.165, 1.54) is 0 Å². The number of aliphatic hydroxyl groups is 1. The Kier molecular flexibility index (Phi) is 4.96. The highest BCUT2D eigenvalue weighted by Crippen LogP contribution is 2.20. The molecule has 0 aliphatic heterocycles. The Bertz CT molecular complexity index is 839. The molecule has 1 atom stereocenters. The molecule has 0 bridgehead atoms. The first-order valence-electron chi connectivity index (χ1n) is 8.10. The number of imidazole rings is 1. The molecular weight excluding hydrogens is 300 g/mol. The molecule has 0 amide bonds. The highest BCUT2D eigenvalue weighted by Gasteiger charge is 2.13. The van der Waals surface area contributed by atoms with Gasteiger partial charge in [0.25, 0.3) is 0 Å². The van der Waals surface area contributed by atoms with Gasteiger partial charge < -0.3 is 14.4 Å². The van der Waals surface area contributed by atoms with Crippen LogP contribution in [0.15, 0.2) is 61.2 Å². The summed E-state index contributed by atoms with van der Waals surface area (Å²) in [7, 11) is 0. The second kappa shape index (κ2) is 7.32. The highest BCUT2D eigenvalue weighted by atomic mass is 16.5. The molecule has 124 valence electrons. The number of hydrogen-bond acceptors (Lipinski definition) is 3. The van der Waals surface area contributed by atoms with Crippen molar-refractivity contribution in [3.05, 3.63) is 72.6 Å². The molecule has 3 aromatic rings. The van der Waals surface area contributed by atoms with Gasteiger partial charge in [0, 0.05) is 0 Å². The van der Waals surface area contributed by atoms with Gasteiger partial charge in [0.05, 0.1) is 17.6 Å². The minimum absolute atomic E-state index is 0.236. The number of ether oxygens (including phenoxy) is 1. The van der Waals surface area contributed by atoms with Crippen molar-refractivity contribution in [2.45, 2.75) is 26.0 Å². The number of rotatable bonds is 7. The smallest absolute Gasteiger partial charge is 0.122 e. The molecule has 0 spiro atoms. The maximum Gasteiger partial charge on any atom is 0.122 e. The molecule has 0 saturated heterocycles. The van der Waals surface area contributed by atoms with Gasteiger partial charge in [-0.15, -0.1) is 6.58 Å². The maximum absolute atomic E-state index is 10.4. The normalized spacial score (nSPS) is 12.2. The van der Waals surface area contributed by atoms with Gasteiger partial charge in [-0.25, -0.2) is 4.98 Å². The minimum Gasteiger partial charge on any atom is -0.491 e. The second-order valence-corrected chi connectivity index (χ2v) is 5.82. The molecule has 0 fully saturated rings. The second-order valence-electron chi connectivity index (χ2n) is 5.82. The summed E-state index contributed by atoms with van der Waals surface area (Å²) in [6.45, 7) is 6.41. The highest BCUT2D eigenvalue weighted by molar-refractivity contribution is 5.75. The van der Waals surface area contributed by atoms with Gasteiger partial charge in [-0.3, -0.25) is 0 Å². The molecule has 2 aromatic carbocycles. The van der Waals surface area contributed by atoms with Gasteiger partial charge >= 0.3 is 0 Å².